The molecule has 0 unspecified atom stereocenters. The Hall–Kier alpha value is -6.07. The minimum Gasteiger partial charge on any atom is -0.487 e. The predicted octanol–water partition coefficient (Wildman–Crippen LogP) is 9.43. The third kappa shape index (κ3) is 10.3. The van der Waals surface area contributed by atoms with Crippen LogP contribution in [0.25, 0.3) is 32.7 Å². The number of halogens is 7. The first-order chi connectivity index (χ1) is 26.0. The molecule has 0 saturated carbocycles. The van der Waals surface area contributed by atoms with Gasteiger partial charge in [0.25, 0.3) is 0 Å². The van der Waals surface area contributed by atoms with E-state index in [1.165, 1.54) is 48.5 Å². The van der Waals surface area contributed by atoms with Crippen molar-refractivity contribution < 1.29 is 35.5 Å². The fourth-order valence-electron chi connectivity index (χ4n) is 5.56. The van der Waals surface area contributed by atoms with E-state index in [9.17, 15) is 30.7 Å². The molecule has 280 valence electrons. The molecule has 0 aliphatic rings. The zero-order chi connectivity index (χ0) is 38.7. The second-order valence-corrected chi connectivity index (χ2v) is 12.1. The van der Waals surface area contributed by atoms with Gasteiger partial charge in [0.05, 0.1) is 12.5 Å². The van der Waals surface area contributed by atoms with Crippen LogP contribution in [0.4, 0.5) is 30.7 Å². The third-order valence-electron chi connectivity index (χ3n) is 8.23. The number of hydrogen-bond donors (Lipinski definition) is 4. The summed E-state index contributed by atoms with van der Waals surface area (Å²) >= 11 is 0. The van der Waals surface area contributed by atoms with Crippen LogP contribution in [-0.2, 0) is 19.3 Å². The largest absolute Gasteiger partial charge is 0.487 e. The Labute approximate surface area is 305 Å². The molecule has 0 fully saturated rings. The topological polar surface area (TPSA) is 119 Å². The van der Waals surface area contributed by atoms with E-state index in [1.54, 1.807) is 48.9 Å². The van der Waals surface area contributed by atoms with Gasteiger partial charge in [-0.1, -0.05) is 12.1 Å². The van der Waals surface area contributed by atoms with Gasteiger partial charge in [-0.3, -0.25) is 4.99 Å². The molecular formula is C40H35F7N6O. The lowest BCUT2D eigenvalue weighted by Gasteiger charge is -2.16. The standard InChI is InChI=1S/C20H17F5N2O.C10H11FN2.C10H7FN2/c21-15-4-5-17-14(11-27-18(17)9-15)6-7-26-10-13-2-1-3-16(8-13)28-12-20(24,25)19(22)23;2*11-8-1-2-9-7(3-4-12)6-13-10(9)5-8/h1-5,8-11,19,27H,6-7,12H2;1-2,5-6,13H,3-4,12H2;1-2,5-6,13H,3H2. The van der Waals surface area contributed by atoms with Crippen LogP contribution < -0.4 is 10.5 Å². The Balaban J connectivity index is 0.000000178. The predicted molar refractivity (Wildman–Crippen MR) is 196 cm³/mol. The summed E-state index contributed by atoms with van der Waals surface area (Å²) < 4.78 is 93.7. The van der Waals surface area contributed by atoms with Gasteiger partial charge in [-0.05, 0) is 108 Å². The number of hydrogen-bond acceptors (Lipinski definition) is 4. The van der Waals surface area contributed by atoms with Gasteiger partial charge >= 0.3 is 12.3 Å². The van der Waals surface area contributed by atoms with Crippen LogP contribution >= 0.6 is 0 Å². The monoisotopic (exact) mass is 748 g/mol. The minimum absolute atomic E-state index is 0.0583. The zero-order valence-electron chi connectivity index (χ0n) is 28.7. The van der Waals surface area contributed by atoms with Crippen molar-refractivity contribution in [3.8, 4) is 11.8 Å². The highest BCUT2D eigenvalue weighted by atomic mass is 19.3. The molecule has 5 N–H and O–H groups in total. The van der Waals surface area contributed by atoms with Crippen LogP contribution in [0.2, 0.25) is 0 Å². The fraction of sp³-hybridized carbons (Fsp3) is 0.200. The number of fused-ring (bicyclic) bond motifs is 3. The van der Waals surface area contributed by atoms with E-state index in [1.807, 2.05) is 6.20 Å². The maximum atomic E-state index is 13.2. The summed E-state index contributed by atoms with van der Waals surface area (Å²) in [5.74, 6) is -4.94. The first-order valence-corrected chi connectivity index (χ1v) is 16.7. The zero-order valence-corrected chi connectivity index (χ0v) is 28.7. The van der Waals surface area contributed by atoms with Crippen LogP contribution in [0.5, 0.6) is 5.75 Å². The number of aliphatic imine (C=N–C) groups is 1. The average molecular weight is 749 g/mol. The molecule has 0 spiro atoms. The fourth-order valence-corrected chi connectivity index (χ4v) is 5.56. The lowest BCUT2D eigenvalue weighted by atomic mass is 10.1. The summed E-state index contributed by atoms with van der Waals surface area (Å²) in [6.07, 6.45) is 5.00. The van der Waals surface area contributed by atoms with E-state index >= 15 is 0 Å². The van der Waals surface area contributed by atoms with Gasteiger partial charge in [-0.25, -0.2) is 22.0 Å². The Morgan fingerprint density at radius 1 is 0.741 bits per heavy atom. The normalized spacial score (nSPS) is 11.5. The lowest BCUT2D eigenvalue weighted by Crippen LogP contribution is -2.33. The van der Waals surface area contributed by atoms with Crippen molar-refractivity contribution in [2.24, 2.45) is 10.7 Å². The Kier molecular flexibility index (Phi) is 13.1. The summed E-state index contributed by atoms with van der Waals surface area (Å²) in [6, 6.07) is 21.9. The van der Waals surface area contributed by atoms with Crippen molar-refractivity contribution in [3.05, 3.63) is 137 Å². The molecule has 7 aromatic rings. The number of nitrogens with two attached hydrogens (primary N) is 1. The Morgan fingerprint density at radius 2 is 1.26 bits per heavy atom. The van der Waals surface area contributed by atoms with E-state index in [4.69, 9.17) is 15.7 Å². The summed E-state index contributed by atoms with van der Waals surface area (Å²) in [5, 5.41) is 11.4. The number of nitriles is 1. The molecule has 14 heteroatoms. The van der Waals surface area contributed by atoms with Gasteiger partial charge in [0.1, 0.15) is 23.2 Å². The highest BCUT2D eigenvalue weighted by Crippen LogP contribution is 2.25. The highest BCUT2D eigenvalue weighted by Gasteiger charge is 2.41. The Morgan fingerprint density at radius 3 is 1.78 bits per heavy atom. The van der Waals surface area contributed by atoms with Gasteiger partial charge in [0.15, 0.2) is 6.61 Å². The van der Waals surface area contributed by atoms with E-state index in [2.05, 4.69) is 26.0 Å². The van der Waals surface area contributed by atoms with Gasteiger partial charge in [0.2, 0.25) is 0 Å². The summed E-state index contributed by atoms with van der Waals surface area (Å²) in [4.78, 5) is 13.2. The van der Waals surface area contributed by atoms with E-state index < -0.39 is 19.0 Å². The molecule has 7 nitrogen and oxygen atoms in total. The number of nitrogens with zero attached hydrogens (tertiary/aromatic N) is 2. The molecule has 3 heterocycles. The molecule has 0 bridgehead atoms. The number of aromatic nitrogens is 3. The van der Waals surface area contributed by atoms with Crippen molar-refractivity contribution in [1.82, 2.24) is 15.0 Å². The van der Waals surface area contributed by atoms with Gasteiger partial charge in [-0.15, -0.1) is 0 Å². The molecule has 54 heavy (non-hydrogen) atoms. The minimum atomic E-state index is -4.20. The maximum Gasteiger partial charge on any atom is 0.340 e. The van der Waals surface area contributed by atoms with E-state index in [0.29, 0.717) is 37.0 Å². The van der Waals surface area contributed by atoms with Crippen LogP contribution in [-0.4, -0.2) is 53.2 Å². The highest BCUT2D eigenvalue weighted by molar-refractivity contribution is 5.85. The number of nitrogens with one attached hydrogen (secondary N) is 3. The van der Waals surface area contributed by atoms with Gasteiger partial charge < -0.3 is 25.4 Å². The average Bonchev–Trinajstić information content (AvgIpc) is 3.86. The molecule has 0 radical (unpaired) electrons. The van der Waals surface area contributed by atoms with Crippen LogP contribution in [0.1, 0.15) is 22.3 Å². The van der Waals surface area contributed by atoms with Crippen molar-refractivity contribution in [1.29, 1.82) is 5.26 Å². The first-order valence-electron chi connectivity index (χ1n) is 16.7. The molecule has 0 aliphatic carbocycles. The summed E-state index contributed by atoms with van der Waals surface area (Å²) in [7, 11) is 0. The van der Waals surface area contributed by atoms with Crippen LogP contribution in [0.15, 0.2) is 102 Å². The summed E-state index contributed by atoms with van der Waals surface area (Å²) in [5.41, 5.74) is 11.4. The SMILES string of the molecule is Fc1ccc2c(CCN=Cc3cccc(OCC(F)(F)C(F)F)c3)c[nH]c2c1.N#CCc1c[nH]c2cc(F)ccc12.NCCc1c[nH]c2cc(F)ccc12. The van der Waals surface area contributed by atoms with Crippen molar-refractivity contribution >= 4 is 38.9 Å². The van der Waals surface area contributed by atoms with Crippen molar-refractivity contribution in [2.45, 2.75) is 31.6 Å². The van der Waals surface area contributed by atoms with Gasteiger partial charge in [0, 0.05) is 64.1 Å². The number of aromatic amines is 3. The number of H-pyrrole nitrogens is 3. The molecule has 0 amide bonds. The number of rotatable bonds is 11. The number of ether oxygens (including phenoxy) is 1. The molecular weight excluding hydrogens is 713 g/mol. The second kappa shape index (κ2) is 18.1. The second-order valence-electron chi connectivity index (χ2n) is 12.1. The molecule has 3 aromatic heterocycles. The first kappa shape index (κ1) is 39.1. The maximum absolute atomic E-state index is 13.2. The Bertz CT molecular complexity index is 2370. The molecule has 4 aromatic carbocycles. The van der Waals surface area contributed by atoms with E-state index in [-0.39, 0.29) is 23.2 Å². The summed E-state index contributed by atoms with van der Waals surface area (Å²) in [6.45, 7) is -0.324. The van der Waals surface area contributed by atoms with Gasteiger partial charge in [-0.2, -0.15) is 14.0 Å². The van der Waals surface area contributed by atoms with Crippen LogP contribution in [0, 0.1) is 28.8 Å². The van der Waals surface area contributed by atoms with Crippen LogP contribution in [0.3, 0.4) is 0 Å². The molecule has 0 aliphatic heterocycles. The van der Waals surface area contributed by atoms with Crippen molar-refractivity contribution in [2.75, 3.05) is 19.7 Å². The van der Waals surface area contributed by atoms with E-state index in [0.717, 1.165) is 50.3 Å². The smallest absolute Gasteiger partial charge is 0.340 e. The lowest BCUT2D eigenvalue weighted by molar-refractivity contribution is -0.148. The molecule has 0 saturated heterocycles. The number of benzene rings is 4. The third-order valence-corrected chi connectivity index (χ3v) is 8.23. The molecule has 0 atom stereocenters. The quantitative estimate of drug-likeness (QED) is 0.0780. The van der Waals surface area contributed by atoms with Crippen molar-refractivity contribution in [3.63, 3.8) is 0 Å². The number of alkyl halides is 4. The molecule has 7 rings (SSSR count).